The van der Waals surface area contributed by atoms with Gasteiger partial charge in [0.05, 0.1) is 15.8 Å². The molecule has 2 aromatic carbocycles. The number of anilines is 1. The maximum absolute atomic E-state index is 12.7. The van der Waals surface area contributed by atoms with Crippen molar-refractivity contribution in [1.82, 2.24) is 4.31 Å². The number of carbonyl (C=O) groups excluding carboxylic acids is 1. The van der Waals surface area contributed by atoms with Gasteiger partial charge in [-0.05, 0) is 49.1 Å². The number of halogens is 2. The van der Waals surface area contributed by atoms with Gasteiger partial charge in [0.1, 0.15) is 0 Å². The predicted octanol–water partition coefficient (Wildman–Crippen LogP) is 4.48. The van der Waals surface area contributed by atoms with E-state index in [1.165, 1.54) is 4.31 Å². The van der Waals surface area contributed by atoms with Gasteiger partial charge in [0.2, 0.25) is 15.9 Å². The summed E-state index contributed by atoms with van der Waals surface area (Å²) < 4.78 is 27.0. The number of piperidine rings is 1. The standard InChI is InChI=1S/C20H22Cl2N2O3S/c1-14-4-2-3-5-16(14)13-28(26,27)24-10-8-15(9-11-24)20(25)23-17-6-7-18(21)19(22)12-17/h2-7,12,15H,8-11,13H2,1H3,(H,23,25). The van der Waals surface area contributed by atoms with Crippen LogP contribution in [-0.4, -0.2) is 31.7 Å². The Morgan fingerprint density at radius 2 is 1.79 bits per heavy atom. The first-order valence-corrected chi connectivity index (χ1v) is 11.4. The van der Waals surface area contributed by atoms with Gasteiger partial charge in [0.15, 0.2) is 0 Å². The smallest absolute Gasteiger partial charge is 0.227 e. The first-order valence-electron chi connectivity index (χ1n) is 9.04. The summed E-state index contributed by atoms with van der Waals surface area (Å²) in [7, 11) is -3.41. The van der Waals surface area contributed by atoms with Crippen molar-refractivity contribution in [3.05, 3.63) is 63.6 Å². The van der Waals surface area contributed by atoms with Crippen molar-refractivity contribution in [2.75, 3.05) is 18.4 Å². The minimum atomic E-state index is -3.41. The number of aryl methyl sites for hydroxylation is 1. The van der Waals surface area contributed by atoms with Crippen LogP contribution in [0.2, 0.25) is 10.0 Å². The zero-order valence-electron chi connectivity index (χ0n) is 15.5. The van der Waals surface area contributed by atoms with Crippen LogP contribution < -0.4 is 5.32 Å². The molecule has 1 amide bonds. The highest BCUT2D eigenvalue weighted by molar-refractivity contribution is 7.88. The third kappa shape index (κ3) is 5.06. The van der Waals surface area contributed by atoms with E-state index in [-0.39, 0.29) is 17.6 Å². The number of hydrogen-bond donors (Lipinski definition) is 1. The van der Waals surface area contributed by atoms with Gasteiger partial charge in [-0.1, -0.05) is 47.5 Å². The Labute approximate surface area is 175 Å². The molecule has 0 atom stereocenters. The van der Waals surface area contributed by atoms with Crippen molar-refractivity contribution in [3.63, 3.8) is 0 Å². The van der Waals surface area contributed by atoms with Crippen LogP contribution >= 0.6 is 23.2 Å². The zero-order chi connectivity index (χ0) is 20.3. The van der Waals surface area contributed by atoms with Gasteiger partial charge in [-0.25, -0.2) is 12.7 Å². The normalized spacial score (nSPS) is 16.1. The van der Waals surface area contributed by atoms with Crippen molar-refractivity contribution < 1.29 is 13.2 Å². The first kappa shape index (κ1) is 21.1. The van der Waals surface area contributed by atoms with Gasteiger partial charge in [0, 0.05) is 24.7 Å². The second-order valence-corrected chi connectivity index (χ2v) is 9.76. The molecule has 150 valence electrons. The molecule has 28 heavy (non-hydrogen) atoms. The molecule has 1 N–H and O–H groups in total. The fourth-order valence-electron chi connectivity index (χ4n) is 3.27. The average molecular weight is 441 g/mol. The Kier molecular flexibility index (Phi) is 6.65. The van der Waals surface area contributed by atoms with Gasteiger partial charge in [-0.15, -0.1) is 0 Å². The minimum Gasteiger partial charge on any atom is -0.326 e. The molecule has 0 unspecified atom stereocenters. The molecule has 0 radical (unpaired) electrons. The van der Waals surface area contributed by atoms with Crippen LogP contribution in [0.15, 0.2) is 42.5 Å². The van der Waals surface area contributed by atoms with Crippen LogP contribution in [-0.2, 0) is 20.6 Å². The van der Waals surface area contributed by atoms with E-state index in [9.17, 15) is 13.2 Å². The van der Waals surface area contributed by atoms with E-state index >= 15 is 0 Å². The number of nitrogens with one attached hydrogen (secondary N) is 1. The van der Waals surface area contributed by atoms with E-state index in [1.54, 1.807) is 18.2 Å². The number of amides is 1. The van der Waals surface area contributed by atoms with Crippen molar-refractivity contribution in [3.8, 4) is 0 Å². The Hall–Kier alpha value is -1.60. The molecule has 8 heteroatoms. The maximum Gasteiger partial charge on any atom is 0.227 e. The van der Waals surface area contributed by atoms with Crippen LogP contribution in [0.1, 0.15) is 24.0 Å². The largest absolute Gasteiger partial charge is 0.326 e. The number of rotatable bonds is 5. The monoisotopic (exact) mass is 440 g/mol. The SMILES string of the molecule is Cc1ccccc1CS(=O)(=O)N1CCC(C(=O)Nc2ccc(Cl)c(Cl)c2)CC1. The van der Waals surface area contributed by atoms with Crippen LogP contribution in [0.4, 0.5) is 5.69 Å². The summed E-state index contributed by atoms with van der Waals surface area (Å²) in [4.78, 5) is 12.5. The van der Waals surface area contributed by atoms with Gasteiger partial charge >= 0.3 is 0 Å². The molecule has 3 rings (SSSR count). The summed E-state index contributed by atoms with van der Waals surface area (Å²) in [6.07, 6.45) is 0.973. The first-order chi connectivity index (χ1) is 13.3. The molecule has 0 aliphatic carbocycles. The quantitative estimate of drug-likeness (QED) is 0.744. The molecule has 1 heterocycles. The third-order valence-electron chi connectivity index (χ3n) is 5.00. The Bertz CT molecular complexity index is 971. The molecular formula is C20H22Cl2N2O3S. The molecule has 0 saturated carbocycles. The highest BCUT2D eigenvalue weighted by Crippen LogP contribution is 2.27. The summed E-state index contributed by atoms with van der Waals surface area (Å²) in [5.74, 6) is -0.381. The molecule has 0 bridgehead atoms. The average Bonchev–Trinajstić information content (AvgIpc) is 2.66. The molecule has 0 aromatic heterocycles. The molecule has 1 aliphatic heterocycles. The molecule has 0 spiro atoms. The third-order valence-corrected chi connectivity index (χ3v) is 7.57. The lowest BCUT2D eigenvalue weighted by atomic mass is 9.97. The van der Waals surface area contributed by atoms with E-state index < -0.39 is 10.0 Å². The Balaban J connectivity index is 1.58. The van der Waals surface area contributed by atoms with E-state index in [0.29, 0.717) is 41.7 Å². The summed E-state index contributed by atoms with van der Waals surface area (Å²) in [6.45, 7) is 2.59. The Morgan fingerprint density at radius 1 is 1.11 bits per heavy atom. The van der Waals surface area contributed by atoms with Gasteiger partial charge < -0.3 is 5.32 Å². The zero-order valence-corrected chi connectivity index (χ0v) is 17.8. The Morgan fingerprint density at radius 3 is 2.43 bits per heavy atom. The lowest BCUT2D eigenvalue weighted by Gasteiger charge is -2.30. The molecular weight excluding hydrogens is 419 g/mol. The van der Waals surface area contributed by atoms with E-state index in [2.05, 4.69) is 5.32 Å². The van der Waals surface area contributed by atoms with Crippen molar-refractivity contribution in [2.45, 2.75) is 25.5 Å². The van der Waals surface area contributed by atoms with Crippen molar-refractivity contribution in [2.24, 2.45) is 5.92 Å². The van der Waals surface area contributed by atoms with Crippen LogP contribution in [0, 0.1) is 12.8 Å². The predicted molar refractivity (Wildman–Crippen MR) is 113 cm³/mol. The van der Waals surface area contributed by atoms with Crippen LogP contribution in [0.5, 0.6) is 0 Å². The number of carbonyl (C=O) groups is 1. The van der Waals surface area contributed by atoms with E-state index in [1.807, 2.05) is 31.2 Å². The fraction of sp³-hybridized carbons (Fsp3) is 0.350. The topological polar surface area (TPSA) is 66.5 Å². The maximum atomic E-state index is 12.7. The summed E-state index contributed by atoms with van der Waals surface area (Å²) >= 11 is 11.9. The number of hydrogen-bond acceptors (Lipinski definition) is 3. The lowest BCUT2D eigenvalue weighted by Crippen LogP contribution is -2.41. The van der Waals surface area contributed by atoms with Crippen LogP contribution in [0.3, 0.4) is 0 Å². The lowest BCUT2D eigenvalue weighted by molar-refractivity contribution is -0.120. The number of nitrogens with zero attached hydrogens (tertiary/aromatic N) is 1. The molecule has 1 aliphatic rings. The van der Waals surface area contributed by atoms with Crippen molar-refractivity contribution in [1.29, 1.82) is 0 Å². The minimum absolute atomic E-state index is 0.0141. The van der Waals surface area contributed by atoms with Crippen LogP contribution in [0.25, 0.3) is 0 Å². The van der Waals surface area contributed by atoms with Gasteiger partial charge in [-0.3, -0.25) is 4.79 Å². The van der Waals surface area contributed by atoms with Gasteiger partial charge in [0.25, 0.3) is 0 Å². The number of sulfonamides is 1. The summed E-state index contributed by atoms with van der Waals surface area (Å²) in [5.41, 5.74) is 2.35. The van der Waals surface area contributed by atoms with E-state index in [4.69, 9.17) is 23.2 Å². The highest BCUT2D eigenvalue weighted by Gasteiger charge is 2.31. The van der Waals surface area contributed by atoms with Gasteiger partial charge in [-0.2, -0.15) is 0 Å². The second kappa shape index (κ2) is 8.82. The molecule has 5 nitrogen and oxygen atoms in total. The van der Waals surface area contributed by atoms with E-state index in [0.717, 1.165) is 11.1 Å². The summed E-state index contributed by atoms with van der Waals surface area (Å²) in [5, 5.41) is 3.63. The number of benzene rings is 2. The summed E-state index contributed by atoms with van der Waals surface area (Å²) in [6, 6.07) is 12.4. The molecule has 2 aromatic rings. The molecule has 1 saturated heterocycles. The highest BCUT2D eigenvalue weighted by atomic mass is 35.5. The molecule has 1 fully saturated rings. The van der Waals surface area contributed by atoms with Crippen molar-refractivity contribution >= 4 is 44.8 Å². The fourth-order valence-corrected chi connectivity index (χ4v) is 5.24. The second-order valence-electron chi connectivity index (χ2n) is 6.97.